The Bertz CT molecular complexity index is 827. The van der Waals surface area contributed by atoms with Crippen molar-refractivity contribution in [1.82, 2.24) is 34.3 Å². The fourth-order valence-electron chi connectivity index (χ4n) is 2.55. The summed E-state index contributed by atoms with van der Waals surface area (Å²) in [6.07, 6.45) is 5.77. The van der Waals surface area contributed by atoms with E-state index >= 15 is 0 Å². The average molecular weight is 298 g/mol. The van der Waals surface area contributed by atoms with Crippen molar-refractivity contribution in [3.8, 4) is 0 Å². The van der Waals surface area contributed by atoms with Crippen LogP contribution >= 0.6 is 0 Å². The molecule has 0 radical (unpaired) electrons. The molecule has 114 valence electrons. The molecule has 0 N–H and O–H groups in total. The summed E-state index contributed by atoms with van der Waals surface area (Å²) in [7, 11) is 5.84. The molecule has 1 aliphatic rings. The highest BCUT2D eigenvalue weighted by molar-refractivity contribution is 5.83. The van der Waals surface area contributed by atoms with Crippen LogP contribution in [0.1, 0.15) is 30.4 Å². The van der Waals surface area contributed by atoms with Crippen LogP contribution in [0.5, 0.6) is 0 Å². The molecule has 0 aliphatic heterocycles. The fourth-order valence-corrected chi connectivity index (χ4v) is 2.55. The molecule has 3 aromatic heterocycles. The van der Waals surface area contributed by atoms with Crippen molar-refractivity contribution in [2.45, 2.75) is 25.3 Å². The highest BCUT2D eigenvalue weighted by atomic mass is 15.3. The molecular weight excluding hydrogens is 280 g/mol. The molecule has 1 saturated carbocycles. The van der Waals surface area contributed by atoms with E-state index in [1.807, 2.05) is 35.3 Å². The number of imidazole rings is 1. The molecule has 3 aromatic rings. The van der Waals surface area contributed by atoms with Crippen LogP contribution in [0.3, 0.4) is 0 Å². The zero-order valence-corrected chi connectivity index (χ0v) is 12.9. The van der Waals surface area contributed by atoms with Gasteiger partial charge in [-0.2, -0.15) is 5.10 Å². The van der Waals surface area contributed by atoms with Crippen molar-refractivity contribution < 1.29 is 0 Å². The molecule has 22 heavy (non-hydrogen) atoms. The molecule has 1 fully saturated rings. The van der Waals surface area contributed by atoms with Crippen molar-refractivity contribution in [2.75, 3.05) is 19.0 Å². The Morgan fingerprint density at radius 3 is 2.77 bits per heavy atom. The van der Waals surface area contributed by atoms with Gasteiger partial charge in [-0.05, 0) is 12.8 Å². The minimum Gasteiger partial charge on any atom is -0.361 e. The lowest BCUT2D eigenvalue weighted by Crippen LogP contribution is -2.12. The van der Waals surface area contributed by atoms with E-state index in [9.17, 15) is 0 Å². The van der Waals surface area contributed by atoms with Gasteiger partial charge in [0, 0.05) is 27.1 Å². The van der Waals surface area contributed by atoms with Gasteiger partial charge in [-0.25, -0.2) is 19.9 Å². The minimum atomic E-state index is 0.558. The van der Waals surface area contributed by atoms with E-state index in [0.717, 1.165) is 28.6 Å². The molecule has 8 heteroatoms. The maximum Gasteiger partial charge on any atom is 0.165 e. The molecule has 1 aliphatic carbocycles. The van der Waals surface area contributed by atoms with E-state index in [2.05, 4.69) is 25.0 Å². The standard InChI is InChI=1S/C14H18N8/c1-20(2)13-11-14(16-7-15-13)22(8-17-11)6-10-18-12(9-4-5-9)19-21(10)3/h7-9H,4-6H2,1-3H3. The smallest absolute Gasteiger partial charge is 0.165 e. The molecular formula is C14H18N8. The van der Waals surface area contributed by atoms with Crippen LogP contribution in [0.15, 0.2) is 12.7 Å². The van der Waals surface area contributed by atoms with Gasteiger partial charge >= 0.3 is 0 Å². The molecule has 0 aromatic carbocycles. The molecule has 0 amide bonds. The number of anilines is 1. The summed E-state index contributed by atoms with van der Waals surface area (Å²) in [5.74, 6) is 3.26. The van der Waals surface area contributed by atoms with E-state index in [4.69, 9.17) is 0 Å². The average Bonchev–Trinajstić information content (AvgIpc) is 3.18. The van der Waals surface area contributed by atoms with E-state index in [1.165, 1.54) is 12.8 Å². The van der Waals surface area contributed by atoms with Crippen molar-refractivity contribution >= 4 is 17.0 Å². The van der Waals surface area contributed by atoms with Crippen molar-refractivity contribution in [3.63, 3.8) is 0 Å². The van der Waals surface area contributed by atoms with Crippen LogP contribution in [0.25, 0.3) is 11.2 Å². The summed E-state index contributed by atoms with van der Waals surface area (Å²) in [6.45, 7) is 0.608. The Morgan fingerprint density at radius 1 is 1.23 bits per heavy atom. The van der Waals surface area contributed by atoms with E-state index < -0.39 is 0 Å². The maximum atomic E-state index is 4.66. The number of hydrogen-bond acceptors (Lipinski definition) is 6. The summed E-state index contributed by atoms with van der Waals surface area (Å²) in [5, 5.41) is 4.51. The molecule has 0 unspecified atom stereocenters. The number of hydrogen-bond donors (Lipinski definition) is 0. The van der Waals surface area contributed by atoms with Gasteiger partial charge in [0.05, 0.1) is 12.9 Å². The minimum absolute atomic E-state index is 0.558. The van der Waals surface area contributed by atoms with E-state index in [1.54, 1.807) is 12.7 Å². The number of rotatable bonds is 4. The van der Waals surface area contributed by atoms with E-state index in [0.29, 0.717) is 12.5 Å². The highest BCUT2D eigenvalue weighted by Gasteiger charge is 2.28. The van der Waals surface area contributed by atoms with Gasteiger partial charge in [-0.1, -0.05) is 0 Å². The third kappa shape index (κ3) is 2.11. The number of fused-ring (bicyclic) bond motifs is 1. The summed E-state index contributed by atoms with van der Waals surface area (Å²) < 4.78 is 3.85. The lowest BCUT2D eigenvalue weighted by Gasteiger charge is -2.10. The maximum absolute atomic E-state index is 4.66. The zero-order valence-electron chi connectivity index (χ0n) is 12.9. The first-order valence-electron chi connectivity index (χ1n) is 7.36. The molecule has 0 atom stereocenters. The lowest BCUT2D eigenvalue weighted by molar-refractivity contribution is 0.656. The van der Waals surface area contributed by atoms with Gasteiger partial charge in [-0.3, -0.25) is 4.68 Å². The third-order valence-electron chi connectivity index (χ3n) is 3.93. The predicted octanol–water partition coefficient (Wildman–Crippen LogP) is 0.946. The fraction of sp³-hybridized carbons (Fsp3) is 0.500. The molecule has 0 saturated heterocycles. The van der Waals surface area contributed by atoms with Crippen LogP contribution in [0, 0.1) is 0 Å². The van der Waals surface area contributed by atoms with Gasteiger partial charge in [0.25, 0.3) is 0 Å². The number of aryl methyl sites for hydroxylation is 1. The Kier molecular flexibility index (Phi) is 2.85. The third-order valence-corrected chi connectivity index (χ3v) is 3.93. The second-order valence-electron chi connectivity index (χ2n) is 5.92. The topological polar surface area (TPSA) is 77.6 Å². The van der Waals surface area contributed by atoms with Gasteiger partial charge < -0.3 is 9.47 Å². The quantitative estimate of drug-likeness (QED) is 0.713. The molecule has 0 spiro atoms. The number of nitrogens with zero attached hydrogens (tertiary/aromatic N) is 8. The Balaban J connectivity index is 1.71. The summed E-state index contributed by atoms with van der Waals surface area (Å²) in [6, 6.07) is 0. The summed E-state index contributed by atoms with van der Waals surface area (Å²) >= 11 is 0. The van der Waals surface area contributed by atoms with Gasteiger partial charge in [-0.15, -0.1) is 0 Å². The normalized spacial score (nSPS) is 14.7. The van der Waals surface area contributed by atoms with Gasteiger partial charge in [0.2, 0.25) is 0 Å². The molecule has 4 rings (SSSR count). The molecule has 8 nitrogen and oxygen atoms in total. The summed E-state index contributed by atoms with van der Waals surface area (Å²) in [5.41, 5.74) is 1.62. The largest absolute Gasteiger partial charge is 0.361 e. The van der Waals surface area contributed by atoms with Crippen molar-refractivity contribution in [1.29, 1.82) is 0 Å². The first kappa shape index (κ1) is 13.2. The monoisotopic (exact) mass is 298 g/mol. The van der Waals surface area contributed by atoms with E-state index in [-0.39, 0.29) is 0 Å². The summed E-state index contributed by atoms with van der Waals surface area (Å²) in [4.78, 5) is 19.7. The Morgan fingerprint density at radius 2 is 2.05 bits per heavy atom. The zero-order chi connectivity index (χ0) is 15.3. The van der Waals surface area contributed by atoms with Crippen molar-refractivity contribution in [2.24, 2.45) is 7.05 Å². The lowest BCUT2D eigenvalue weighted by atomic mass is 10.4. The molecule has 3 heterocycles. The predicted molar refractivity (Wildman–Crippen MR) is 81.7 cm³/mol. The first-order chi connectivity index (χ1) is 10.6. The van der Waals surface area contributed by atoms with Crippen LogP contribution in [-0.2, 0) is 13.6 Å². The molecule has 0 bridgehead atoms. The SMILES string of the molecule is CN(C)c1ncnc2c1ncn2Cc1nc(C2CC2)nn1C. The van der Waals surface area contributed by atoms with Crippen LogP contribution in [0.2, 0.25) is 0 Å². The van der Waals surface area contributed by atoms with Crippen molar-refractivity contribution in [3.05, 3.63) is 24.3 Å². The van der Waals surface area contributed by atoms with Crippen LogP contribution in [0.4, 0.5) is 5.82 Å². The number of aromatic nitrogens is 7. The second kappa shape index (κ2) is 4.75. The van der Waals surface area contributed by atoms with Gasteiger partial charge in [0.15, 0.2) is 22.8 Å². The van der Waals surface area contributed by atoms with Gasteiger partial charge in [0.1, 0.15) is 12.2 Å². The Hall–Kier alpha value is -2.51. The van der Waals surface area contributed by atoms with Crippen LogP contribution in [-0.4, -0.2) is 48.4 Å². The second-order valence-corrected chi connectivity index (χ2v) is 5.92. The Labute approximate surface area is 127 Å². The van der Waals surface area contributed by atoms with Crippen LogP contribution < -0.4 is 4.90 Å². The highest BCUT2D eigenvalue weighted by Crippen LogP contribution is 2.38. The first-order valence-corrected chi connectivity index (χ1v) is 7.36.